The number of fused-ring (bicyclic) bond motifs is 3. The maximum Gasteiger partial charge on any atom is 0.179 e. The third-order valence-corrected chi connectivity index (χ3v) is 7.32. The van der Waals surface area contributed by atoms with Gasteiger partial charge in [0, 0.05) is 12.6 Å². The number of nitrogens with zero attached hydrogens (tertiary/aromatic N) is 7. The number of hydrogen-bond donors (Lipinski definition) is 1. The van der Waals surface area contributed by atoms with Crippen molar-refractivity contribution in [2.24, 2.45) is 5.92 Å². The average Bonchev–Trinajstić information content (AvgIpc) is 3.74. The van der Waals surface area contributed by atoms with E-state index >= 15 is 0 Å². The van der Waals surface area contributed by atoms with Crippen LogP contribution in [-0.2, 0) is 4.74 Å². The minimum Gasteiger partial charge on any atom is -0.486 e. The molecule has 1 saturated carbocycles. The van der Waals surface area contributed by atoms with Gasteiger partial charge < -0.3 is 14.2 Å². The Morgan fingerprint density at radius 2 is 1.89 bits per heavy atom. The molecule has 36 heavy (non-hydrogen) atoms. The minimum absolute atomic E-state index is 0.150. The van der Waals surface area contributed by atoms with E-state index < -0.39 is 0 Å². The van der Waals surface area contributed by atoms with Crippen molar-refractivity contribution in [1.82, 2.24) is 40.5 Å². The van der Waals surface area contributed by atoms with Crippen LogP contribution in [-0.4, -0.2) is 67.2 Å². The van der Waals surface area contributed by atoms with Crippen molar-refractivity contribution in [2.45, 2.75) is 30.9 Å². The van der Waals surface area contributed by atoms with E-state index in [9.17, 15) is 0 Å². The van der Waals surface area contributed by atoms with Gasteiger partial charge in [0.25, 0.3) is 0 Å². The van der Waals surface area contributed by atoms with Crippen molar-refractivity contribution in [2.75, 3.05) is 26.4 Å². The molecule has 0 radical (unpaired) electrons. The molecule has 3 aliphatic rings. The number of tetrazole rings is 1. The van der Waals surface area contributed by atoms with Gasteiger partial charge in [0.2, 0.25) is 0 Å². The molecule has 2 fully saturated rings. The van der Waals surface area contributed by atoms with E-state index in [0.29, 0.717) is 43.0 Å². The second-order valence-corrected chi connectivity index (χ2v) is 9.60. The van der Waals surface area contributed by atoms with Gasteiger partial charge in [0.1, 0.15) is 19.3 Å². The molecule has 4 aromatic rings. The highest BCUT2D eigenvalue weighted by atomic mass is 16.6. The van der Waals surface area contributed by atoms with Crippen molar-refractivity contribution >= 4 is 0 Å². The first-order valence-corrected chi connectivity index (χ1v) is 12.3. The van der Waals surface area contributed by atoms with Gasteiger partial charge in [-0.15, -0.1) is 10.2 Å². The van der Waals surface area contributed by atoms with Crippen molar-refractivity contribution in [3.63, 3.8) is 0 Å². The summed E-state index contributed by atoms with van der Waals surface area (Å²) in [6.07, 6.45) is 5.11. The Kier molecular flexibility index (Phi) is 5.17. The van der Waals surface area contributed by atoms with E-state index in [2.05, 4.69) is 31.2 Å². The summed E-state index contributed by atoms with van der Waals surface area (Å²) in [6, 6.07) is 15.3. The van der Waals surface area contributed by atoms with Gasteiger partial charge in [-0.25, -0.2) is 4.68 Å². The van der Waals surface area contributed by atoms with Crippen LogP contribution < -0.4 is 14.8 Å². The smallest absolute Gasteiger partial charge is 0.179 e. The van der Waals surface area contributed by atoms with Crippen LogP contribution in [0, 0.1) is 5.92 Å². The molecular weight excluding hydrogens is 460 g/mol. The predicted molar refractivity (Wildman–Crippen MR) is 127 cm³/mol. The Hall–Kier alpha value is -3.83. The van der Waals surface area contributed by atoms with E-state index in [1.165, 1.54) is 6.42 Å². The van der Waals surface area contributed by atoms with Gasteiger partial charge in [-0.2, -0.15) is 4.68 Å². The lowest BCUT2D eigenvalue weighted by atomic mass is 10.0. The average molecular weight is 487 g/mol. The highest BCUT2D eigenvalue weighted by Gasteiger charge is 2.46. The van der Waals surface area contributed by atoms with Crippen LogP contribution in [0.4, 0.5) is 0 Å². The molecule has 11 heteroatoms. The van der Waals surface area contributed by atoms with Crippen LogP contribution >= 0.6 is 0 Å². The monoisotopic (exact) mass is 486 g/mol. The maximum absolute atomic E-state index is 6.23. The number of aromatic nitrogens is 7. The van der Waals surface area contributed by atoms with Crippen LogP contribution in [0.5, 0.6) is 11.5 Å². The largest absolute Gasteiger partial charge is 0.486 e. The molecule has 0 amide bonds. The highest BCUT2D eigenvalue weighted by molar-refractivity contribution is 5.49. The van der Waals surface area contributed by atoms with E-state index in [4.69, 9.17) is 14.2 Å². The summed E-state index contributed by atoms with van der Waals surface area (Å²) >= 11 is 0. The Morgan fingerprint density at radius 3 is 2.69 bits per heavy atom. The number of hydrogen-bond acceptors (Lipinski definition) is 9. The summed E-state index contributed by atoms with van der Waals surface area (Å²) < 4.78 is 21.3. The number of benzene rings is 2. The zero-order valence-electron chi connectivity index (χ0n) is 19.7. The van der Waals surface area contributed by atoms with Gasteiger partial charge in [-0.05, 0) is 59.9 Å². The van der Waals surface area contributed by atoms with Gasteiger partial charge in [-0.3, -0.25) is 5.32 Å². The number of para-hydroxylation sites is 1. The third-order valence-electron chi connectivity index (χ3n) is 7.32. The zero-order chi connectivity index (χ0) is 24.0. The Morgan fingerprint density at radius 1 is 1.00 bits per heavy atom. The minimum atomic E-state index is -0.388. The fourth-order valence-corrected chi connectivity index (χ4v) is 5.52. The molecule has 1 N–H and O–H groups in total. The molecule has 4 heterocycles. The zero-order valence-corrected chi connectivity index (χ0v) is 19.7. The molecule has 0 spiro atoms. The van der Waals surface area contributed by atoms with Gasteiger partial charge in [-0.1, -0.05) is 23.4 Å². The van der Waals surface area contributed by atoms with Crippen LogP contribution in [0.1, 0.15) is 36.8 Å². The van der Waals surface area contributed by atoms with E-state index in [-0.39, 0.29) is 11.6 Å². The van der Waals surface area contributed by atoms with E-state index in [0.717, 1.165) is 36.5 Å². The van der Waals surface area contributed by atoms with Crippen LogP contribution in [0.3, 0.4) is 0 Å². The molecule has 3 atom stereocenters. The molecule has 1 aliphatic carbocycles. The van der Waals surface area contributed by atoms with Crippen LogP contribution in [0.25, 0.3) is 11.4 Å². The van der Waals surface area contributed by atoms with Crippen molar-refractivity contribution in [3.05, 3.63) is 66.2 Å². The van der Waals surface area contributed by atoms with Crippen LogP contribution in [0.15, 0.2) is 54.7 Å². The molecule has 3 unspecified atom stereocenters. The Bertz CT molecular complexity index is 1360. The second kappa shape index (κ2) is 8.68. The third kappa shape index (κ3) is 3.71. The SMILES string of the molecule is c1ccc(-n2nncc2C(NCC23CCC(CO2)C3)c2nnnn2-c2ccc3c(c2)OCCO3)cc1. The molecule has 1 saturated heterocycles. The normalized spacial score (nSPS) is 23.2. The Labute approximate surface area is 207 Å². The molecule has 2 aromatic heterocycles. The lowest BCUT2D eigenvalue weighted by Crippen LogP contribution is -2.42. The van der Waals surface area contributed by atoms with Crippen molar-refractivity contribution < 1.29 is 14.2 Å². The van der Waals surface area contributed by atoms with Gasteiger partial charge >= 0.3 is 0 Å². The summed E-state index contributed by atoms with van der Waals surface area (Å²) in [6.45, 7) is 2.57. The molecule has 11 nitrogen and oxygen atoms in total. The molecule has 2 aliphatic heterocycles. The quantitative estimate of drug-likeness (QED) is 0.420. The molecule has 2 aromatic carbocycles. The van der Waals surface area contributed by atoms with Crippen molar-refractivity contribution in [1.29, 1.82) is 0 Å². The summed E-state index contributed by atoms with van der Waals surface area (Å²) in [5.74, 6) is 2.67. The molecule has 184 valence electrons. The first kappa shape index (κ1) is 21.5. The lowest BCUT2D eigenvalue weighted by Gasteiger charge is -2.29. The topological polar surface area (TPSA) is 114 Å². The van der Waals surface area contributed by atoms with Crippen LogP contribution in [0.2, 0.25) is 0 Å². The van der Waals surface area contributed by atoms with E-state index in [1.54, 1.807) is 10.9 Å². The number of rotatable bonds is 7. The summed E-state index contributed by atoms with van der Waals surface area (Å²) in [7, 11) is 0. The standard InChI is InChI=1S/C25H26N8O3/c1-2-4-18(5-3-1)32-20(14-27-30-32)23(26-16-25-9-8-17(13-25)15-36-25)24-28-29-31-33(24)19-6-7-21-22(12-19)35-11-10-34-21/h1-7,12,14,17,23,26H,8-11,13,15-16H2. The lowest BCUT2D eigenvalue weighted by molar-refractivity contribution is -0.0168. The first-order chi connectivity index (χ1) is 17.8. The first-order valence-electron chi connectivity index (χ1n) is 12.3. The van der Waals surface area contributed by atoms with E-state index in [1.807, 2.05) is 53.2 Å². The summed E-state index contributed by atoms with van der Waals surface area (Å²) in [5, 5.41) is 25.2. The maximum atomic E-state index is 6.23. The summed E-state index contributed by atoms with van der Waals surface area (Å²) in [5.41, 5.74) is 2.37. The summed E-state index contributed by atoms with van der Waals surface area (Å²) in [4.78, 5) is 0. The molecular formula is C25H26N8O3. The number of nitrogens with one attached hydrogen (secondary N) is 1. The predicted octanol–water partition coefficient (Wildman–Crippen LogP) is 2.26. The fraction of sp³-hybridized carbons (Fsp3) is 0.400. The fourth-order valence-electron chi connectivity index (χ4n) is 5.52. The number of ether oxygens (including phenoxy) is 3. The van der Waals surface area contributed by atoms with Crippen molar-refractivity contribution in [3.8, 4) is 22.9 Å². The second-order valence-electron chi connectivity index (χ2n) is 9.60. The Balaban J connectivity index is 1.28. The molecule has 7 rings (SSSR count). The van der Waals surface area contributed by atoms with Gasteiger partial charge in [0.05, 0.1) is 35.5 Å². The van der Waals surface area contributed by atoms with Gasteiger partial charge in [0.15, 0.2) is 17.3 Å². The molecule has 2 bridgehead atoms. The highest BCUT2D eigenvalue weighted by Crippen LogP contribution is 2.44.